The van der Waals surface area contributed by atoms with E-state index in [1.165, 1.54) is 5.56 Å². The average Bonchev–Trinajstić information content (AvgIpc) is 2.47. The monoisotopic (exact) mass is 296 g/mol. The molecule has 2 rings (SSSR count). The van der Waals surface area contributed by atoms with E-state index in [9.17, 15) is 4.79 Å². The lowest BCUT2D eigenvalue weighted by Gasteiger charge is -2.33. The van der Waals surface area contributed by atoms with E-state index in [4.69, 9.17) is 5.73 Å². The fraction of sp³-hybridized carbons (Fsp3) is 0.562. The number of nitrogens with two attached hydrogens (primary N) is 1. The number of hydrogen-bond acceptors (Lipinski definition) is 2. The van der Waals surface area contributed by atoms with E-state index in [2.05, 4.69) is 30.3 Å². The quantitative estimate of drug-likeness (QED) is 0.928. The van der Waals surface area contributed by atoms with Crippen LogP contribution in [0.25, 0.3) is 0 Å². The molecule has 2 N–H and O–H groups in total. The van der Waals surface area contributed by atoms with Gasteiger partial charge in [0.1, 0.15) is 0 Å². The van der Waals surface area contributed by atoms with Gasteiger partial charge in [0.2, 0.25) is 5.91 Å². The summed E-state index contributed by atoms with van der Waals surface area (Å²) in [5, 5.41) is 0. The number of hydrogen-bond donors (Lipinski definition) is 1. The van der Waals surface area contributed by atoms with Crippen LogP contribution in [0, 0.1) is 11.8 Å². The van der Waals surface area contributed by atoms with Crippen LogP contribution in [0.4, 0.5) is 0 Å². The predicted octanol–water partition coefficient (Wildman–Crippen LogP) is 2.48. The molecule has 1 unspecified atom stereocenters. The molecule has 112 valence electrons. The van der Waals surface area contributed by atoms with Crippen LogP contribution in [0.5, 0.6) is 0 Å². The Bertz CT molecular complexity index is 402. The summed E-state index contributed by atoms with van der Waals surface area (Å²) in [6.45, 7) is 4.14. The van der Waals surface area contributed by atoms with E-state index < -0.39 is 0 Å². The number of benzene rings is 1. The van der Waals surface area contributed by atoms with Crippen molar-refractivity contribution in [1.29, 1.82) is 0 Å². The highest BCUT2D eigenvalue weighted by molar-refractivity contribution is 5.85. The molecule has 1 aliphatic rings. The molecule has 1 fully saturated rings. The average molecular weight is 297 g/mol. The molecule has 0 aliphatic carbocycles. The zero-order valence-electron chi connectivity index (χ0n) is 12.1. The van der Waals surface area contributed by atoms with Crippen LogP contribution < -0.4 is 5.73 Å². The number of carbonyl (C=O) groups excluding carboxylic acids is 1. The van der Waals surface area contributed by atoms with E-state index in [1.807, 2.05) is 11.8 Å². The minimum absolute atomic E-state index is 0. The third kappa shape index (κ3) is 4.50. The summed E-state index contributed by atoms with van der Waals surface area (Å²) in [6.07, 6.45) is 3.35. The van der Waals surface area contributed by atoms with Crippen LogP contribution in [0.2, 0.25) is 0 Å². The summed E-state index contributed by atoms with van der Waals surface area (Å²) in [4.78, 5) is 14.0. The standard InChI is InChI=1S/C16H24N2O.ClH/c1-13(12-17)16(19)18-9-7-15(8-10-18)11-14-5-3-2-4-6-14;/h2-6,13,15H,7-12,17H2,1H3;1H. The molecule has 20 heavy (non-hydrogen) atoms. The zero-order valence-corrected chi connectivity index (χ0v) is 12.9. The lowest BCUT2D eigenvalue weighted by molar-refractivity contribution is -0.136. The minimum atomic E-state index is -0.0364. The summed E-state index contributed by atoms with van der Waals surface area (Å²) in [5.41, 5.74) is 6.97. The van der Waals surface area contributed by atoms with Crippen molar-refractivity contribution in [3.63, 3.8) is 0 Å². The Balaban J connectivity index is 0.00000200. The summed E-state index contributed by atoms with van der Waals surface area (Å²) in [7, 11) is 0. The topological polar surface area (TPSA) is 46.3 Å². The van der Waals surface area contributed by atoms with Crippen LogP contribution in [-0.4, -0.2) is 30.4 Å². The summed E-state index contributed by atoms with van der Waals surface area (Å²) < 4.78 is 0. The van der Waals surface area contributed by atoms with Crippen molar-refractivity contribution in [3.05, 3.63) is 35.9 Å². The third-order valence-corrected chi connectivity index (χ3v) is 4.07. The van der Waals surface area contributed by atoms with E-state index in [0.717, 1.165) is 32.4 Å². The highest BCUT2D eigenvalue weighted by Crippen LogP contribution is 2.22. The highest BCUT2D eigenvalue weighted by Gasteiger charge is 2.25. The van der Waals surface area contributed by atoms with Crippen LogP contribution in [0.15, 0.2) is 30.3 Å². The van der Waals surface area contributed by atoms with Gasteiger partial charge in [-0.2, -0.15) is 0 Å². The van der Waals surface area contributed by atoms with Crippen molar-refractivity contribution >= 4 is 18.3 Å². The van der Waals surface area contributed by atoms with Crippen molar-refractivity contribution in [2.45, 2.75) is 26.2 Å². The fourth-order valence-electron chi connectivity index (χ4n) is 2.72. The van der Waals surface area contributed by atoms with E-state index in [1.54, 1.807) is 0 Å². The molecule has 0 saturated carbocycles. The molecular weight excluding hydrogens is 272 g/mol. The van der Waals surface area contributed by atoms with Gasteiger partial charge in [-0.3, -0.25) is 4.79 Å². The SMILES string of the molecule is CC(CN)C(=O)N1CCC(Cc2ccccc2)CC1.Cl. The van der Waals surface area contributed by atoms with Gasteiger partial charge in [0, 0.05) is 25.6 Å². The number of piperidine rings is 1. The number of amides is 1. The lowest BCUT2D eigenvalue weighted by Crippen LogP contribution is -2.43. The molecule has 0 aromatic heterocycles. The normalized spacial score (nSPS) is 17.4. The molecule has 0 radical (unpaired) electrons. The predicted molar refractivity (Wildman–Crippen MR) is 84.9 cm³/mol. The van der Waals surface area contributed by atoms with Crippen LogP contribution in [-0.2, 0) is 11.2 Å². The maximum absolute atomic E-state index is 12.0. The first kappa shape index (κ1) is 17.0. The molecule has 0 bridgehead atoms. The Morgan fingerprint density at radius 3 is 2.45 bits per heavy atom. The first-order valence-corrected chi connectivity index (χ1v) is 7.23. The van der Waals surface area contributed by atoms with Gasteiger partial charge in [0.05, 0.1) is 0 Å². The highest BCUT2D eigenvalue weighted by atomic mass is 35.5. The van der Waals surface area contributed by atoms with Gasteiger partial charge < -0.3 is 10.6 Å². The minimum Gasteiger partial charge on any atom is -0.342 e. The molecule has 0 spiro atoms. The Morgan fingerprint density at radius 1 is 1.30 bits per heavy atom. The maximum atomic E-state index is 12.0. The molecule has 1 atom stereocenters. The third-order valence-electron chi connectivity index (χ3n) is 4.07. The Labute approximate surface area is 127 Å². The van der Waals surface area contributed by atoms with E-state index in [0.29, 0.717) is 12.5 Å². The van der Waals surface area contributed by atoms with Crippen molar-refractivity contribution in [3.8, 4) is 0 Å². The summed E-state index contributed by atoms with van der Waals surface area (Å²) >= 11 is 0. The molecule has 3 nitrogen and oxygen atoms in total. The van der Waals surface area contributed by atoms with E-state index in [-0.39, 0.29) is 24.2 Å². The molecule has 1 aliphatic heterocycles. The molecule has 1 saturated heterocycles. The second kappa shape index (κ2) is 8.28. The zero-order chi connectivity index (χ0) is 13.7. The van der Waals surface area contributed by atoms with Gasteiger partial charge in [-0.05, 0) is 30.7 Å². The number of rotatable bonds is 4. The van der Waals surface area contributed by atoms with Gasteiger partial charge in [0.15, 0.2) is 0 Å². The van der Waals surface area contributed by atoms with Crippen LogP contribution in [0.3, 0.4) is 0 Å². The van der Waals surface area contributed by atoms with Gasteiger partial charge in [0.25, 0.3) is 0 Å². The first-order chi connectivity index (χ1) is 9.20. The molecule has 1 amide bonds. The number of carbonyl (C=O) groups is 1. The fourth-order valence-corrected chi connectivity index (χ4v) is 2.72. The van der Waals surface area contributed by atoms with Gasteiger partial charge >= 0.3 is 0 Å². The summed E-state index contributed by atoms with van der Waals surface area (Å²) in [6, 6.07) is 10.6. The molecule has 1 heterocycles. The molecular formula is C16H25ClN2O. The van der Waals surface area contributed by atoms with Gasteiger partial charge in [-0.1, -0.05) is 37.3 Å². The Kier molecular flexibility index (Phi) is 7.03. The molecule has 4 heteroatoms. The Hall–Kier alpha value is -1.06. The van der Waals surface area contributed by atoms with Crippen molar-refractivity contribution in [1.82, 2.24) is 4.90 Å². The number of halogens is 1. The smallest absolute Gasteiger partial charge is 0.226 e. The lowest BCUT2D eigenvalue weighted by atomic mass is 9.90. The van der Waals surface area contributed by atoms with Crippen LogP contribution in [0.1, 0.15) is 25.3 Å². The molecule has 1 aromatic carbocycles. The first-order valence-electron chi connectivity index (χ1n) is 7.23. The van der Waals surface area contributed by atoms with Crippen molar-refractivity contribution < 1.29 is 4.79 Å². The largest absolute Gasteiger partial charge is 0.342 e. The van der Waals surface area contributed by atoms with Crippen molar-refractivity contribution in [2.75, 3.05) is 19.6 Å². The maximum Gasteiger partial charge on any atom is 0.226 e. The summed E-state index contributed by atoms with van der Waals surface area (Å²) in [5.74, 6) is 0.894. The van der Waals surface area contributed by atoms with Crippen LogP contribution >= 0.6 is 12.4 Å². The van der Waals surface area contributed by atoms with E-state index >= 15 is 0 Å². The Morgan fingerprint density at radius 2 is 1.90 bits per heavy atom. The number of nitrogens with zero attached hydrogens (tertiary/aromatic N) is 1. The number of likely N-dealkylation sites (tertiary alicyclic amines) is 1. The van der Waals surface area contributed by atoms with Crippen molar-refractivity contribution in [2.24, 2.45) is 17.6 Å². The second-order valence-corrected chi connectivity index (χ2v) is 5.60. The second-order valence-electron chi connectivity index (χ2n) is 5.60. The van der Waals surface area contributed by atoms with Gasteiger partial charge in [-0.15, -0.1) is 12.4 Å². The molecule has 1 aromatic rings. The van der Waals surface area contributed by atoms with Gasteiger partial charge in [-0.25, -0.2) is 0 Å².